The van der Waals surface area contributed by atoms with Gasteiger partial charge in [0, 0.05) is 19.3 Å². The van der Waals surface area contributed by atoms with Crippen LogP contribution < -0.4 is 0 Å². The van der Waals surface area contributed by atoms with Gasteiger partial charge in [0.25, 0.3) is 0 Å². The zero-order valence-corrected chi connectivity index (χ0v) is 47.8. The van der Waals surface area contributed by atoms with Gasteiger partial charge in [-0.15, -0.1) is 0 Å². The predicted octanol–water partition coefficient (Wildman–Crippen LogP) is 20.6. The Morgan fingerprint density at radius 2 is 0.527 bits per heavy atom. The molecule has 0 aliphatic heterocycles. The van der Waals surface area contributed by atoms with E-state index in [2.05, 4.69) is 81.5 Å². The minimum Gasteiger partial charge on any atom is -0.462 e. The third-order valence-corrected chi connectivity index (χ3v) is 12.6. The third kappa shape index (κ3) is 58.4. The van der Waals surface area contributed by atoms with Gasteiger partial charge in [-0.2, -0.15) is 0 Å². The molecule has 0 heterocycles. The van der Waals surface area contributed by atoms with Crippen molar-refractivity contribution in [2.75, 3.05) is 13.2 Å². The summed E-state index contributed by atoms with van der Waals surface area (Å²) >= 11 is 0. The van der Waals surface area contributed by atoms with E-state index in [4.69, 9.17) is 14.2 Å². The highest BCUT2D eigenvalue weighted by atomic mass is 16.6. The van der Waals surface area contributed by atoms with Gasteiger partial charge in [-0.3, -0.25) is 14.4 Å². The first-order valence-corrected chi connectivity index (χ1v) is 30.3. The molecule has 6 heteroatoms. The number of hydrogen-bond acceptors (Lipinski definition) is 6. The van der Waals surface area contributed by atoms with E-state index < -0.39 is 6.10 Å². The summed E-state index contributed by atoms with van der Waals surface area (Å²) in [6.45, 7) is 6.41. The van der Waals surface area contributed by atoms with E-state index in [1.807, 2.05) is 72.9 Å². The fraction of sp³-hybridized carbons (Fsp3) is 0.632. The summed E-state index contributed by atoms with van der Waals surface area (Å²) in [4.78, 5) is 38.3. The van der Waals surface area contributed by atoms with E-state index in [9.17, 15) is 14.4 Å². The number of hydrogen-bond donors (Lipinski definition) is 0. The molecule has 74 heavy (non-hydrogen) atoms. The molecule has 0 aromatic carbocycles. The summed E-state index contributed by atoms with van der Waals surface area (Å²) in [7, 11) is 0. The molecule has 0 amide bonds. The van der Waals surface area contributed by atoms with Crippen LogP contribution in [0.5, 0.6) is 0 Å². The number of unbranched alkanes of at least 4 members (excludes halogenated alkanes) is 28. The van der Waals surface area contributed by atoms with E-state index in [0.29, 0.717) is 19.3 Å². The van der Waals surface area contributed by atoms with Crippen molar-refractivity contribution in [2.45, 2.75) is 264 Å². The molecule has 0 spiro atoms. The van der Waals surface area contributed by atoms with Crippen molar-refractivity contribution >= 4 is 17.9 Å². The Morgan fingerprint density at radius 3 is 0.878 bits per heavy atom. The molecule has 0 aromatic heterocycles. The molecule has 0 fully saturated rings. The minimum atomic E-state index is -0.812. The number of rotatable bonds is 53. The first kappa shape index (κ1) is 69.5. The molecular formula is C68H110O6. The molecule has 0 aromatic rings. The van der Waals surface area contributed by atoms with E-state index in [1.165, 1.54) is 128 Å². The van der Waals surface area contributed by atoms with Crippen LogP contribution in [0, 0.1) is 0 Å². The number of ether oxygens (including phenoxy) is 3. The van der Waals surface area contributed by atoms with Gasteiger partial charge >= 0.3 is 17.9 Å². The van der Waals surface area contributed by atoms with Gasteiger partial charge < -0.3 is 14.2 Å². The highest BCUT2D eigenvalue weighted by molar-refractivity contribution is 5.71. The van der Waals surface area contributed by atoms with Gasteiger partial charge in [0.1, 0.15) is 13.2 Å². The van der Waals surface area contributed by atoms with E-state index in [0.717, 1.165) is 89.9 Å². The van der Waals surface area contributed by atoms with Gasteiger partial charge in [-0.1, -0.05) is 283 Å². The van der Waals surface area contributed by atoms with Crippen LogP contribution in [0.1, 0.15) is 258 Å². The molecule has 0 rings (SSSR count). The molecule has 418 valence electrons. The first-order valence-electron chi connectivity index (χ1n) is 30.3. The molecule has 0 bridgehead atoms. The maximum atomic E-state index is 12.9. The van der Waals surface area contributed by atoms with Gasteiger partial charge in [0.15, 0.2) is 6.10 Å². The Hall–Kier alpha value is -4.45. The van der Waals surface area contributed by atoms with E-state index >= 15 is 0 Å². The molecule has 0 saturated heterocycles. The lowest BCUT2D eigenvalue weighted by Crippen LogP contribution is -2.30. The number of allylic oxidation sites excluding steroid dienone is 22. The van der Waals surface area contributed by atoms with Gasteiger partial charge in [-0.05, 0) is 89.9 Å². The summed E-state index contributed by atoms with van der Waals surface area (Å²) in [5.41, 5.74) is 0. The molecule has 1 unspecified atom stereocenters. The standard InChI is InChI=1S/C68H110O6/c1-4-7-10-13-16-19-22-25-28-31-34-37-40-43-46-49-52-55-58-61-67(70)73-64-65(63-72-66(69)60-57-54-51-48-45-42-39-36-33-30-27-24-21-18-15-12-9-6-3)74-68(71)62-59-56-53-50-47-44-41-38-35-32-29-26-23-20-17-14-11-8-5-2/h7,10,13,16-17,19-20,22-23,25-26,28,30-31,33-34,36-37,39-40,43,46,65H,4-6,8-9,11-12,14-15,18,21,24,27,29,32,35,38,41-42,44-45,47-64H2,1-3H3/b10-7-,16-13-,20-17-,22-19-,26-23-,28-25-,33-30-,34-31+,39-36-,40-37-,46-43-. The van der Waals surface area contributed by atoms with Crippen LogP contribution in [0.4, 0.5) is 0 Å². The quantitative estimate of drug-likeness (QED) is 0.0261. The second kappa shape index (κ2) is 61.1. The Balaban J connectivity index is 4.54. The second-order valence-corrected chi connectivity index (χ2v) is 19.8. The maximum Gasteiger partial charge on any atom is 0.306 e. The second-order valence-electron chi connectivity index (χ2n) is 19.8. The van der Waals surface area contributed by atoms with Gasteiger partial charge in [-0.25, -0.2) is 0 Å². The molecule has 1 atom stereocenters. The Bertz CT molecular complexity index is 1600. The van der Waals surface area contributed by atoms with Crippen molar-refractivity contribution in [3.8, 4) is 0 Å². The summed E-state index contributed by atoms with van der Waals surface area (Å²) in [5, 5.41) is 0. The Kier molecular flexibility index (Phi) is 57.4. The molecule has 0 radical (unpaired) electrons. The molecular weight excluding hydrogens is 913 g/mol. The average Bonchev–Trinajstić information content (AvgIpc) is 3.40. The molecule has 0 N–H and O–H groups in total. The van der Waals surface area contributed by atoms with Crippen molar-refractivity contribution in [3.63, 3.8) is 0 Å². The summed E-state index contributed by atoms with van der Waals surface area (Å²) < 4.78 is 16.9. The maximum absolute atomic E-state index is 12.9. The van der Waals surface area contributed by atoms with E-state index in [1.54, 1.807) is 0 Å². The highest BCUT2D eigenvalue weighted by Crippen LogP contribution is 2.15. The lowest BCUT2D eigenvalue weighted by Gasteiger charge is -2.18. The molecule has 6 nitrogen and oxygen atoms in total. The highest BCUT2D eigenvalue weighted by Gasteiger charge is 2.19. The SMILES string of the molecule is CC\C=C/C=C\C=C/C=C\C=C\C=C/C=C\CCCCCC(=O)OCC(COC(=O)CCCCCCC/C=C\C=C/CCCCCCCCC)OC(=O)CCCCCCCCCCCC/C=C\C=C/CCCCC. The fourth-order valence-corrected chi connectivity index (χ4v) is 8.05. The number of esters is 3. The zero-order chi connectivity index (χ0) is 53.6. The summed E-state index contributed by atoms with van der Waals surface area (Å²) in [6.07, 6.45) is 85.8. The van der Waals surface area contributed by atoms with Crippen LogP contribution in [0.3, 0.4) is 0 Å². The normalized spacial score (nSPS) is 13.1. The monoisotopic (exact) mass is 1020 g/mol. The van der Waals surface area contributed by atoms with Gasteiger partial charge in [0.2, 0.25) is 0 Å². The lowest BCUT2D eigenvalue weighted by atomic mass is 10.1. The largest absolute Gasteiger partial charge is 0.462 e. The topological polar surface area (TPSA) is 78.9 Å². The van der Waals surface area contributed by atoms with Crippen LogP contribution in [-0.4, -0.2) is 37.2 Å². The van der Waals surface area contributed by atoms with Gasteiger partial charge in [0.05, 0.1) is 0 Å². The lowest BCUT2D eigenvalue weighted by molar-refractivity contribution is -0.167. The first-order chi connectivity index (χ1) is 36.5. The molecule has 0 aliphatic rings. The third-order valence-electron chi connectivity index (χ3n) is 12.6. The number of carbonyl (C=O) groups is 3. The zero-order valence-electron chi connectivity index (χ0n) is 47.8. The van der Waals surface area contributed by atoms with Crippen LogP contribution in [-0.2, 0) is 28.6 Å². The van der Waals surface area contributed by atoms with E-state index in [-0.39, 0.29) is 31.1 Å². The molecule has 0 aliphatic carbocycles. The van der Waals surface area contributed by atoms with Crippen molar-refractivity contribution in [2.24, 2.45) is 0 Å². The average molecular weight is 1020 g/mol. The predicted molar refractivity (Wildman–Crippen MR) is 320 cm³/mol. The fourth-order valence-electron chi connectivity index (χ4n) is 8.05. The van der Waals surface area contributed by atoms with Crippen LogP contribution >= 0.6 is 0 Å². The van der Waals surface area contributed by atoms with Crippen LogP contribution in [0.15, 0.2) is 134 Å². The number of carbonyl (C=O) groups excluding carboxylic acids is 3. The van der Waals surface area contributed by atoms with Crippen LogP contribution in [0.25, 0.3) is 0 Å². The minimum absolute atomic E-state index is 0.106. The summed E-state index contributed by atoms with van der Waals surface area (Å²) in [6, 6.07) is 0. The van der Waals surface area contributed by atoms with Crippen molar-refractivity contribution in [3.05, 3.63) is 134 Å². The van der Waals surface area contributed by atoms with Crippen molar-refractivity contribution in [1.82, 2.24) is 0 Å². The Morgan fingerprint density at radius 1 is 0.284 bits per heavy atom. The van der Waals surface area contributed by atoms with Crippen LogP contribution in [0.2, 0.25) is 0 Å². The van der Waals surface area contributed by atoms with Crippen molar-refractivity contribution < 1.29 is 28.6 Å². The van der Waals surface area contributed by atoms with Crippen molar-refractivity contribution in [1.29, 1.82) is 0 Å². The smallest absolute Gasteiger partial charge is 0.306 e. The Labute approximate surface area is 455 Å². The molecule has 0 saturated carbocycles. The summed E-state index contributed by atoms with van der Waals surface area (Å²) in [5.74, 6) is -0.969.